The Hall–Kier alpha value is -3.53. The number of nitrogens with two attached hydrogens (primary N) is 2. The topological polar surface area (TPSA) is 142 Å². The van der Waals surface area contributed by atoms with E-state index in [2.05, 4.69) is 27.6 Å². The summed E-state index contributed by atoms with van der Waals surface area (Å²) >= 11 is 0. The van der Waals surface area contributed by atoms with Gasteiger partial charge in [-0.15, -0.1) is 5.10 Å². The molecule has 6 N–H and O–H groups in total. The van der Waals surface area contributed by atoms with E-state index in [-0.39, 0.29) is 17.4 Å². The number of nitrogens with one attached hydrogen (secondary N) is 2. The fraction of sp³-hybridized carbons (Fsp3) is 0.381. The number of aromatic nitrogens is 3. The van der Waals surface area contributed by atoms with Gasteiger partial charge in [-0.2, -0.15) is 4.52 Å². The highest BCUT2D eigenvalue weighted by Crippen LogP contribution is 2.30. The molecule has 3 aromatic rings. The maximum Gasteiger partial charge on any atom is 0.256 e. The number of methoxy groups -OCH3 is 2. The summed E-state index contributed by atoms with van der Waals surface area (Å²) in [5.41, 5.74) is 13.7. The van der Waals surface area contributed by atoms with E-state index in [9.17, 15) is 4.79 Å². The van der Waals surface area contributed by atoms with Gasteiger partial charge in [0.2, 0.25) is 0 Å². The molecule has 1 aromatic carbocycles. The number of aryl methyl sites for hydroxylation is 1. The molecule has 31 heavy (non-hydrogen) atoms. The second-order valence-electron chi connectivity index (χ2n) is 7.29. The van der Waals surface area contributed by atoms with Gasteiger partial charge < -0.3 is 31.6 Å². The monoisotopic (exact) mass is 427 g/mol. The fourth-order valence-electron chi connectivity index (χ4n) is 3.17. The third kappa shape index (κ3) is 4.97. The van der Waals surface area contributed by atoms with E-state index in [4.69, 9.17) is 20.9 Å². The Labute approximate surface area is 180 Å². The summed E-state index contributed by atoms with van der Waals surface area (Å²) in [5, 5.41) is 11.0. The molecule has 0 spiro atoms. The Kier molecular flexibility index (Phi) is 6.81. The third-order valence-electron chi connectivity index (χ3n) is 4.61. The minimum Gasteiger partial charge on any atom is -0.497 e. The van der Waals surface area contributed by atoms with Gasteiger partial charge in [0.1, 0.15) is 22.9 Å². The van der Waals surface area contributed by atoms with Crippen molar-refractivity contribution in [2.24, 2.45) is 11.5 Å². The van der Waals surface area contributed by atoms with Crippen molar-refractivity contribution in [3.05, 3.63) is 35.5 Å². The first-order valence-corrected chi connectivity index (χ1v) is 10.1. The largest absolute Gasteiger partial charge is 0.497 e. The maximum absolute atomic E-state index is 12.4. The smallest absolute Gasteiger partial charge is 0.256 e. The Bertz CT molecular complexity index is 1060. The van der Waals surface area contributed by atoms with Gasteiger partial charge in [-0.1, -0.05) is 13.3 Å². The molecule has 1 amide bonds. The second kappa shape index (κ2) is 9.52. The van der Waals surface area contributed by atoms with Gasteiger partial charge in [0, 0.05) is 48.2 Å². The van der Waals surface area contributed by atoms with Crippen LogP contribution in [0.2, 0.25) is 0 Å². The average molecular weight is 428 g/mol. The molecule has 1 atom stereocenters. The standard InChI is InChI=1S/C21H29N7O3/c1-5-6-13-9-17(24-11-12(2)22)28-21(26-13)18(19(23)29)20(27-28)25-14-7-15(30-3)10-16(8-14)31-4/h7-10,12,24H,5-6,11,22H2,1-4H3,(H2,23,29)(H,25,27)/t12-/m1/s1. The van der Waals surface area contributed by atoms with Crippen molar-refractivity contribution in [2.45, 2.75) is 32.7 Å². The van der Waals surface area contributed by atoms with E-state index >= 15 is 0 Å². The lowest BCUT2D eigenvalue weighted by atomic mass is 10.2. The first kappa shape index (κ1) is 22.2. The van der Waals surface area contributed by atoms with Crippen LogP contribution in [0.4, 0.5) is 17.3 Å². The number of hydrogen-bond acceptors (Lipinski definition) is 8. The Morgan fingerprint density at radius 3 is 2.42 bits per heavy atom. The number of anilines is 3. The van der Waals surface area contributed by atoms with E-state index in [1.165, 1.54) is 0 Å². The third-order valence-corrected chi connectivity index (χ3v) is 4.61. The zero-order chi connectivity index (χ0) is 22.5. The summed E-state index contributed by atoms with van der Waals surface area (Å²) in [5.74, 6) is 1.52. The van der Waals surface area contributed by atoms with Crippen LogP contribution < -0.4 is 31.6 Å². The van der Waals surface area contributed by atoms with Crippen LogP contribution in [0.25, 0.3) is 5.65 Å². The lowest BCUT2D eigenvalue weighted by molar-refractivity contribution is 0.100. The lowest BCUT2D eigenvalue weighted by Gasteiger charge is -2.12. The van der Waals surface area contributed by atoms with Crippen LogP contribution in [0.1, 0.15) is 36.3 Å². The van der Waals surface area contributed by atoms with Crippen LogP contribution in [0, 0.1) is 0 Å². The Balaban J connectivity index is 2.14. The zero-order valence-electron chi connectivity index (χ0n) is 18.2. The molecule has 0 aliphatic heterocycles. The van der Waals surface area contributed by atoms with Gasteiger partial charge in [0.25, 0.3) is 5.91 Å². The molecule has 10 heteroatoms. The maximum atomic E-state index is 12.4. The highest BCUT2D eigenvalue weighted by molar-refractivity contribution is 6.04. The van der Waals surface area contributed by atoms with Crippen molar-refractivity contribution in [3.63, 3.8) is 0 Å². The van der Waals surface area contributed by atoms with E-state index < -0.39 is 5.91 Å². The number of benzene rings is 1. The fourth-order valence-corrected chi connectivity index (χ4v) is 3.17. The van der Waals surface area contributed by atoms with Gasteiger partial charge in [-0.25, -0.2) is 4.98 Å². The van der Waals surface area contributed by atoms with Crippen molar-refractivity contribution in [1.82, 2.24) is 14.6 Å². The molecule has 0 aliphatic carbocycles. The number of hydrogen-bond donors (Lipinski definition) is 4. The number of carbonyl (C=O) groups excluding carboxylic acids is 1. The quantitative estimate of drug-likeness (QED) is 0.386. The SMILES string of the molecule is CCCc1cc(NC[C@@H](C)N)n2nc(Nc3cc(OC)cc(OC)c3)c(C(N)=O)c2n1. The number of amides is 1. The van der Waals surface area contributed by atoms with Crippen molar-refractivity contribution in [2.75, 3.05) is 31.4 Å². The molecule has 0 radical (unpaired) electrons. The summed E-state index contributed by atoms with van der Waals surface area (Å²) in [6.07, 6.45) is 1.66. The van der Waals surface area contributed by atoms with Gasteiger partial charge in [0.15, 0.2) is 11.5 Å². The van der Waals surface area contributed by atoms with Gasteiger partial charge >= 0.3 is 0 Å². The molecule has 0 bridgehead atoms. The number of nitrogens with zero attached hydrogens (tertiary/aromatic N) is 3. The summed E-state index contributed by atoms with van der Waals surface area (Å²) in [4.78, 5) is 17.0. The Morgan fingerprint density at radius 1 is 1.19 bits per heavy atom. The number of primary amides is 1. The minimum absolute atomic E-state index is 0.0640. The predicted molar refractivity (Wildman–Crippen MR) is 120 cm³/mol. The van der Waals surface area contributed by atoms with Crippen LogP contribution in [0.3, 0.4) is 0 Å². The van der Waals surface area contributed by atoms with Crippen LogP contribution in [-0.2, 0) is 6.42 Å². The normalized spacial score (nSPS) is 11.9. The average Bonchev–Trinajstić information content (AvgIpc) is 3.09. The zero-order valence-corrected chi connectivity index (χ0v) is 18.2. The molecule has 0 saturated heterocycles. The highest BCUT2D eigenvalue weighted by Gasteiger charge is 2.22. The summed E-state index contributed by atoms with van der Waals surface area (Å²) < 4.78 is 12.2. The molecular formula is C21H29N7O3. The Morgan fingerprint density at radius 2 is 1.87 bits per heavy atom. The van der Waals surface area contributed by atoms with Gasteiger partial charge in [-0.05, 0) is 13.3 Å². The van der Waals surface area contributed by atoms with Gasteiger partial charge in [-0.3, -0.25) is 4.79 Å². The molecule has 3 rings (SSSR count). The number of rotatable bonds is 10. The number of fused-ring (bicyclic) bond motifs is 1. The molecule has 2 heterocycles. The number of ether oxygens (including phenoxy) is 2. The summed E-state index contributed by atoms with van der Waals surface area (Å²) in [6.45, 7) is 4.50. The second-order valence-corrected chi connectivity index (χ2v) is 7.29. The van der Waals surface area contributed by atoms with E-state index in [0.717, 1.165) is 18.5 Å². The van der Waals surface area contributed by atoms with Crippen LogP contribution in [0.15, 0.2) is 24.3 Å². The molecule has 0 unspecified atom stereocenters. The molecule has 0 fully saturated rings. The first-order valence-electron chi connectivity index (χ1n) is 10.1. The van der Waals surface area contributed by atoms with Crippen molar-refractivity contribution < 1.29 is 14.3 Å². The molecule has 166 valence electrons. The van der Waals surface area contributed by atoms with Gasteiger partial charge in [0.05, 0.1) is 14.2 Å². The summed E-state index contributed by atoms with van der Waals surface area (Å²) in [7, 11) is 3.13. The minimum atomic E-state index is -0.633. The lowest BCUT2D eigenvalue weighted by Crippen LogP contribution is -2.26. The molecular weight excluding hydrogens is 398 g/mol. The molecule has 2 aromatic heterocycles. The highest BCUT2D eigenvalue weighted by atomic mass is 16.5. The van der Waals surface area contributed by atoms with Crippen molar-refractivity contribution in [1.29, 1.82) is 0 Å². The van der Waals surface area contributed by atoms with Crippen LogP contribution >= 0.6 is 0 Å². The van der Waals surface area contributed by atoms with E-state index in [0.29, 0.717) is 35.2 Å². The molecule has 0 aliphatic rings. The first-order chi connectivity index (χ1) is 14.9. The van der Waals surface area contributed by atoms with E-state index in [1.807, 2.05) is 13.0 Å². The predicted octanol–water partition coefficient (Wildman–Crippen LogP) is 2.30. The molecule has 0 saturated carbocycles. The van der Waals surface area contributed by atoms with Crippen molar-refractivity contribution in [3.8, 4) is 11.5 Å². The van der Waals surface area contributed by atoms with E-state index in [1.54, 1.807) is 36.9 Å². The van der Waals surface area contributed by atoms with Crippen LogP contribution in [-0.4, -0.2) is 47.3 Å². The molecule has 10 nitrogen and oxygen atoms in total. The van der Waals surface area contributed by atoms with Crippen LogP contribution in [0.5, 0.6) is 11.5 Å². The van der Waals surface area contributed by atoms with Crippen molar-refractivity contribution >= 4 is 28.9 Å². The summed E-state index contributed by atoms with van der Waals surface area (Å²) in [6, 6.07) is 7.13. The number of carbonyl (C=O) groups is 1.